The summed E-state index contributed by atoms with van der Waals surface area (Å²) < 4.78 is 26.8. The van der Waals surface area contributed by atoms with Gasteiger partial charge in [-0.15, -0.1) is 0 Å². The summed E-state index contributed by atoms with van der Waals surface area (Å²) in [6.45, 7) is 0. The van der Waals surface area contributed by atoms with Gasteiger partial charge >= 0.3 is 0 Å². The van der Waals surface area contributed by atoms with Gasteiger partial charge in [0.15, 0.2) is 0 Å². The van der Waals surface area contributed by atoms with Crippen LogP contribution in [0.5, 0.6) is 5.88 Å². The number of hydrogen-bond donors (Lipinski definition) is 0. The van der Waals surface area contributed by atoms with E-state index in [4.69, 9.17) is 16.3 Å². The molecule has 7 heteroatoms. The highest BCUT2D eigenvalue weighted by Gasteiger charge is 2.13. The predicted molar refractivity (Wildman–Crippen MR) is 46.7 cm³/mol. The average Bonchev–Trinajstić information content (AvgIpc) is 2.01. The zero-order valence-electron chi connectivity index (χ0n) is 6.98. The van der Waals surface area contributed by atoms with Crippen LogP contribution in [-0.4, -0.2) is 31.8 Å². The normalized spacial score (nSPS) is 11.3. The van der Waals surface area contributed by atoms with Gasteiger partial charge in [-0.3, -0.25) is 0 Å². The van der Waals surface area contributed by atoms with E-state index in [-0.39, 0.29) is 16.2 Å². The predicted octanol–water partition coefficient (Wildman–Crippen LogP) is 0.542. The Morgan fingerprint density at radius 2 is 2.08 bits per heavy atom. The van der Waals surface area contributed by atoms with Crippen LogP contribution in [0.4, 0.5) is 0 Å². The van der Waals surface area contributed by atoms with Crippen molar-refractivity contribution >= 4 is 21.4 Å². The zero-order chi connectivity index (χ0) is 10.1. The molecular formula is C6H7ClN2O3S. The Bertz CT molecular complexity index is 418. The third kappa shape index (κ3) is 2.53. The Balaban J connectivity index is 3.33. The summed E-state index contributed by atoms with van der Waals surface area (Å²) in [5, 5.41) is -0.302. The Morgan fingerprint density at radius 3 is 2.54 bits per heavy atom. The molecule has 0 aliphatic heterocycles. The Morgan fingerprint density at radius 1 is 1.46 bits per heavy atom. The largest absolute Gasteiger partial charge is 0.481 e. The summed E-state index contributed by atoms with van der Waals surface area (Å²) in [4.78, 5) is 7.16. The highest BCUT2D eigenvalue weighted by Crippen LogP contribution is 2.15. The van der Waals surface area contributed by atoms with E-state index in [1.165, 1.54) is 13.2 Å². The lowest BCUT2D eigenvalue weighted by molar-refractivity contribution is 0.391. The summed E-state index contributed by atoms with van der Waals surface area (Å²) in [7, 11) is -2.08. The fourth-order valence-corrected chi connectivity index (χ4v) is 1.39. The van der Waals surface area contributed by atoms with Gasteiger partial charge in [-0.25, -0.2) is 13.4 Å². The second-order valence-electron chi connectivity index (χ2n) is 2.29. The van der Waals surface area contributed by atoms with E-state index in [2.05, 4.69) is 9.97 Å². The van der Waals surface area contributed by atoms with Crippen molar-refractivity contribution in [3.63, 3.8) is 0 Å². The molecular weight excluding hydrogens is 216 g/mol. The van der Waals surface area contributed by atoms with Crippen LogP contribution in [-0.2, 0) is 9.84 Å². The van der Waals surface area contributed by atoms with Crippen LogP contribution >= 0.6 is 11.6 Å². The number of rotatable bonds is 2. The molecule has 0 aliphatic rings. The van der Waals surface area contributed by atoms with Crippen molar-refractivity contribution in [2.45, 2.75) is 5.16 Å². The van der Waals surface area contributed by atoms with Crippen molar-refractivity contribution in [2.75, 3.05) is 13.4 Å². The van der Waals surface area contributed by atoms with E-state index >= 15 is 0 Å². The molecule has 0 amide bonds. The van der Waals surface area contributed by atoms with E-state index < -0.39 is 9.84 Å². The lowest BCUT2D eigenvalue weighted by Crippen LogP contribution is -2.05. The molecule has 0 aliphatic carbocycles. The molecule has 0 saturated heterocycles. The van der Waals surface area contributed by atoms with E-state index in [9.17, 15) is 8.42 Å². The molecule has 1 heterocycles. The average molecular weight is 223 g/mol. The molecule has 0 N–H and O–H groups in total. The Kier molecular flexibility index (Phi) is 2.72. The molecule has 0 bridgehead atoms. The van der Waals surface area contributed by atoms with Gasteiger partial charge in [-0.05, 0) is 0 Å². The first-order valence-electron chi connectivity index (χ1n) is 3.22. The monoisotopic (exact) mass is 222 g/mol. The molecule has 0 spiro atoms. The Labute approximate surface area is 80.6 Å². The first-order valence-corrected chi connectivity index (χ1v) is 5.49. The maximum Gasteiger partial charge on any atom is 0.251 e. The van der Waals surface area contributed by atoms with Gasteiger partial charge in [0.05, 0.1) is 7.11 Å². The summed E-state index contributed by atoms with van der Waals surface area (Å²) in [5.74, 6) is 0.125. The molecule has 1 aromatic heterocycles. The summed E-state index contributed by atoms with van der Waals surface area (Å²) in [5.41, 5.74) is 0. The fraction of sp³-hybridized carbons (Fsp3) is 0.333. The van der Waals surface area contributed by atoms with Gasteiger partial charge in [0, 0.05) is 12.3 Å². The van der Waals surface area contributed by atoms with Crippen molar-refractivity contribution in [3.8, 4) is 5.88 Å². The number of hydrogen-bond acceptors (Lipinski definition) is 5. The first-order chi connectivity index (χ1) is 5.93. The van der Waals surface area contributed by atoms with E-state index in [1.54, 1.807) is 0 Å². The van der Waals surface area contributed by atoms with Crippen LogP contribution < -0.4 is 4.74 Å². The second kappa shape index (κ2) is 3.47. The third-order valence-electron chi connectivity index (χ3n) is 1.19. The highest BCUT2D eigenvalue weighted by molar-refractivity contribution is 7.90. The van der Waals surface area contributed by atoms with E-state index in [0.717, 1.165) is 6.26 Å². The zero-order valence-corrected chi connectivity index (χ0v) is 8.56. The smallest absolute Gasteiger partial charge is 0.251 e. The minimum Gasteiger partial charge on any atom is -0.481 e. The standard InChI is InChI=1S/C6H7ClN2O3S/c1-12-5-3-4(7)8-6(9-5)13(2,10)11/h3H,1-2H3. The van der Waals surface area contributed by atoms with Crippen LogP contribution in [0, 0.1) is 0 Å². The fourth-order valence-electron chi connectivity index (χ4n) is 0.647. The molecule has 0 saturated carbocycles. The maximum absolute atomic E-state index is 11.0. The molecule has 5 nitrogen and oxygen atoms in total. The number of methoxy groups -OCH3 is 1. The molecule has 1 aromatic rings. The lowest BCUT2D eigenvalue weighted by Gasteiger charge is -2.01. The first kappa shape index (κ1) is 10.2. The van der Waals surface area contributed by atoms with E-state index in [0.29, 0.717) is 0 Å². The second-order valence-corrected chi connectivity index (χ2v) is 4.58. The molecule has 0 unspecified atom stereocenters. The SMILES string of the molecule is COc1cc(Cl)nc(S(C)(=O)=O)n1. The number of ether oxygens (including phenoxy) is 1. The van der Waals surface area contributed by atoms with Gasteiger partial charge < -0.3 is 4.74 Å². The van der Waals surface area contributed by atoms with Gasteiger partial charge in [0.1, 0.15) is 5.15 Å². The van der Waals surface area contributed by atoms with Gasteiger partial charge in [-0.1, -0.05) is 11.6 Å². The third-order valence-corrected chi connectivity index (χ3v) is 2.23. The molecule has 0 fully saturated rings. The van der Waals surface area contributed by atoms with Crippen molar-refractivity contribution in [3.05, 3.63) is 11.2 Å². The number of aromatic nitrogens is 2. The van der Waals surface area contributed by atoms with Gasteiger partial charge in [-0.2, -0.15) is 4.98 Å². The van der Waals surface area contributed by atoms with Crippen LogP contribution in [0.15, 0.2) is 11.2 Å². The highest BCUT2D eigenvalue weighted by atomic mass is 35.5. The van der Waals surface area contributed by atoms with E-state index in [1.807, 2.05) is 0 Å². The molecule has 72 valence electrons. The van der Waals surface area contributed by atoms with Gasteiger partial charge in [0.25, 0.3) is 5.16 Å². The van der Waals surface area contributed by atoms with Crippen molar-refractivity contribution in [2.24, 2.45) is 0 Å². The van der Waals surface area contributed by atoms with Crippen LogP contribution in [0.3, 0.4) is 0 Å². The van der Waals surface area contributed by atoms with Crippen LogP contribution in [0.25, 0.3) is 0 Å². The van der Waals surface area contributed by atoms with Gasteiger partial charge in [0.2, 0.25) is 15.7 Å². The molecule has 0 aromatic carbocycles. The quantitative estimate of drug-likeness (QED) is 0.540. The van der Waals surface area contributed by atoms with Crippen molar-refractivity contribution in [1.82, 2.24) is 9.97 Å². The summed E-state index contributed by atoms with van der Waals surface area (Å²) in [6, 6.07) is 1.33. The summed E-state index contributed by atoms with van der Waals surface area (Å²) >= 11 is 5.54. The maximum atomic E-state index is 11.0. The molecule has 0 radical (unpaired) electrons. The topological polar surface area (TPSA) is 69.2 Å². The van der Waals surface area contributed by atoms with Crippen LogP contribution in [0.1, 0.15) is 0 Å². The number of nitrogens with zero attached hydrogens (tertiary/aromatic N) is 2. The number of halogens is 1. The lowest BCUT2D eigenvalue weighted by atomic mass is 10.6. The van der Waals surface area contributed by atoms with Crippen molar-refractivity contribution < 1.29 is 13.2 Å². The molecule has 13 heavy (non-hydrogen) atoms. The minimum absolute atomic E-state index is 0.0345. The minimum atomic E-state index is -3.44. The number of sulfone groups is 1. The molecule has 0 atom stereocenters. The summed E-state index contributed by atoms with van der Waals surface area (Å²) in [6.07, 6.45) is 0.998. The van der Waals surface area contributed by atoms with Crippen LogP contribution in [0.2, 0.25) is 5.15 Å². The Hall–Kier alpha value is -0.880. The van der Waals surface area contributed by atoms with Crippen molar-refractivity contribution in [1.29, 1.82) is 0 Å². The molecule has 1 rings (SSSR count).